The van der Waals surface area contributed by atoms with Gasteiger partial charge in [0.05, 0.1) is 6.61 Å². The minimum absolute atomic E-state index is 0.100. The summed E-state index contributed by atoms with van der Waals surface area (Å²) in [6.45, 7) is 1.83. The highest BCUT2D eigenvalue weighted by molar-refractivity contribution is 6.31. The zero-order valence-corrected chi connectivity index (χ0v) is 12.1. The SMILES string of the molecule is NCc1ccc(N(CCO)Cc2ccccc2)cc1Cl. The van der Waals surface area contributed by atoms with E-state index < -0.39 is 0 Å². The molecule has 0 aliphatic carbocycles. The monoisotopic (exact) mass is 290 g/mol. The first kappa shape index (κ1) is 14.9. The van der Waals surface area contributed by atoms with Crippen molar-refractivity contribution in [2.75, 3.05) is 18.1 Å². The first-order valence-electron chi connectivity index (χ1n) is 6.63. The zero-order chi connectivity index (χ0) is 14.4. The third-order valence-corrected chi connectivity index (χ3v) is 3.56. The summed E-state index contributed by atoms with van der Waals surface area (Å²) in [5, 5.41) is 9.92. The molecule has 0 bridgehead atoms. The Morgan fingerprint density at radius 3 is 2.45 bits per heavy atom. The zero-order valence-electron chi connectivity index (χ0n) is 11.3. The first-order valence-corrected chi connectivity index (χ1v) is 7.00. The van der Waals surface area contributed by atoms with Crippen molar-refractivity contribution in [1.82, 2.24) is 0 Å². The van der Waals surface area contributed by atoms with Crippen LogP contribution in [-0.4, -0.2) is 18.3 Å². The van der Waals surface area contributed by atoms with Crippen LogP contribution >= 0.6 is 11.6 Å². The lowest BCUT2D eigenvalue weighted by molar-refractivity contribution is 0.301. The molecule has 0 aliphatic rings. The molecule has 2 aromatic carbocycles. The number of halogens is 1. The van der Waals surface area contributed by atoms with Crippen LogP contribution in [0, 0.1) is 0 Å². The molecular weight excluding hydrogens is 272 g/mol. The van der Waals surface area contributed by atoms with E-state index in [0.717, 1.165) is 17.8 Å². The molecule has 0 saturated heterocycles. The molecule has 0 spiro atoms. The lowest BCUT2D eigenvalue weighted by Gasteiger charge is -2.24. The second-order valence-electron chi connectivity index (χ2n) is 4.61. The molecule has 0 fully saturated rings. The summed E-state index contributed by atoms with van der Waals surface area (Å²) in [5.74, 6) is 0. The predicted molar refractivity (Wildman–Crippen MR) is 83.9 cm³/mol. The van der Waals surface area contributed by atoms with Crippen LogP contribution in [0.3, 0.4) is 0 Å². The largest absolute Gasteiger partial charge is 0.395 e. The van der Waals surface area contributed by atoms with E-state index >= 15 is 0 Å². The van der Waals surface area contributed by atoms with Crippen molar-refractivity contribution in [3.05, 3.63) is 64.7 Å². The van der Waals surface area contributed by atoms with Gasteiger partial charge in [-0.3, -0.25) is 0 Å². The maximum Gasteiger partial charge on any atom is 0.0606 e. The summed E-state index contributed by atoms with van der Waals surface area (Å²) in [5.41, 5.74) is 8.74. The van der Waals surface area contributed by atoms with Gasteiger partial charge in [0.15, 0.2) is 0 Å². The number of benzene rings is 2. The van der Waals surface area contributed by atoms with Gasteiger partial charge in [-0.2, -0.15) is 0 Å². The van der Waals surface area contributed by atoms with E-state index in [9.17, 15) is 5.11 Å². The molecule has 2 aromatic rings. The molecule has 0 unspecified atom stereocenters. The van der Waals surface area contributed by atoms with Crippen LogP contribution < -0.4 is 10.6 Å². The molecule has 0 amide bonds. The highest BCUT2D eigenvalue weighted by atomic mass is 35.5. The smallest absolute Gasteiger partial charge is 0.0606 e. The predicted octanol–water partition coefficient (Wildman–Crippen LogP) is 2.80. The van der Waals surface area contributed by atoms with Gasteiger partial charge in [0.25, 0.3) is 0 Å². The highest BCUT2D eigenvalue weighted by Crippen LogP contribution is 2.24. The topological polar surface area (TPSA) is 49.5 Å². The number of aliphatic hydroxyl groups excluding tert-OH is 1. The number of rotatable bonds is 6. The van der Waals surface area contributed by atoms with Crippen LogP contribution in [0.15, 0.2) is 48.5 Å². The van der Waals surface area contributed by atoms with E-state index in [2.05, 4.69) is 17.0 Å². The molecule has 0 aliphatic heterocycles. The molecule has 0 aromatic heterocycles. The average Bonchev–Trinajstić information content (AvgIpc) is 2.48. The number of nitrogens with zero attached hydrogens (tertiary/aromatic N) is 1. The average molecular weight is 291 g/mol. The van der Waals surface area contributed by atoms with E-state index in [1.807, 2.05) is 36.4 Å². The van der Waals surface area contributed by atoms with Crippen LogP contribution in [0.4, 0.5) is 5.69 Å². The van der Waals surface area contributed by atoms with E-state index in [0.29, 0.717) is 18.1 Å². The lowest BCUT2D eigenvalue weighted by atomic mass is 10.1. The Morgan fingerprint density at radius 1 is 1.10 bits per heavy atom. The lowest BCUT2D eigenvalue weighted by Crippen LogP contribution is -2.26. The molecule has 4 heteroatoms. The highest BCUT2D eigenvalue weighted by Gasteiger charge is 2.09. The van der Waals surface area contributed by atoms with Crippen LogP contribution in [0.2, 0.25) is 5.02 Å². The molecular formula is C16H19ClN2O. The van der Waals surface area contributed by atoms with Crippen molar-refractivity contribution in [3.8, 4) is 0 Å². The van der Waals surface area contributed by atoms with Crippen LogP contribution in [-0.2, 0) is 13.1 Å². The molecule has 0 radical (unpaired) electrons. The minimum atomic E-state index is 0.100. The maximum atomic E-state index is 9.25. The van der Waals surface area contributed by atoms with E-state index in [-0.39, 0.29) is 6.61 Å². The Hall–Kier alpha value is -1.55. The molecule has 0 heterocycles. The molecule has 106 valence electrons. The molecule has 2 rings (SSSR count). The summed E-state index contributed by atoms with van der Waals surface area (Å²) >= 11 is 6.21. The Kier molecular flexibility index (Phi) is 5.41. The number of hydrogen-bond donors (Lipinski definition) is 2. The summed E-state index contributed by atoms with van der Waals surface area (Å²) in [6, 6.07) is 16.0. The van der Waals surface area contributed by atoms with Crippen molar-refractivity contribution in [1.29, 1.82) is 0 Å². The van der Waals surface area contributed by atoms with E-state index in [4.69, 9.17) is 17.3 Å². The van der Waals surface area contributed by atoms with Crippen LogP contribution in [0.25, 0.3) is 0 Å². The van der Waals surface area contributed by atoms with Crippen LogP contribution in [0.1, 0.15) is 11.1 Å². The van der Waals surface area contributed by atoms with Gasteiger partial charge in [-0.1, -0.05) is 48.0 Å². The van der Waals surface area contributed by atoms with Crippen LogP contribution in [0.5, 0.6) is 0 Å². The first-order chi connectivity index (χ1) is 9.74. The molecule has 0 atom stereocenters. The molecule has 20 heavy (non-hydrogen) atoms. The van der Waals surface area contributed by atoms with E-state index in [1.165, 1.54) is 5.56 Å². The standard InChI is InChI=1S/C16H19ClN2O/c17-16-10-15(7-6-14(16)11-18)19(8-9-20)12-13-4-2-1-3-5-13/h1-7,10,20H,8-9,11-12,18H2. The fourth-order valence-electron chi connectivity index (χ4n) is 2.12. The van der Waals surface area contributed by atoms with Gasteiger partial charge in [0, 0.05) is 30.3 Å². The molecule has 3 N–H and O–H groups in total. The molecule has 3 nitrogen and oxygen atoms in total. The summed E-state index contributed by atoms with van der Waals surface area (Å²) in [6.07, 6.45) is 0. The van der Waals surface area contributed by atoms with Gasteiger partial charge in [0.2, 0.25) is 0 Å². The van der Waals surface area contributed by atoms with E-state index in [1.54, 1.807) is 0 Å². The van der Waals surface area contributed by atoms with Gasteiger partial charge in [-0.05, 0) is 23.3 Å². The van der Waals surface area contributed by atoms with Gasteiger partial charge in [-0.15, -0.1) is 0 Å². The summed E-state index contributed by atoms with van der Waals surface area (Å²) < 4.78 is 0. The number of hydrogen-bond acceptors (Lipinski definition) is 3. The third-order valence-electron chi connectivity index (χ3n) is 3.21. The number of aliphatic hydroxyl groups is 1. The fourth-order valence-corrected chi connectivity index (χ4v) is 2.37. The van der Waals surface area contributed by atoms with Gasteiger partial charge in [0.1, 0.15) is 0 Å². The number of anilines is 1. The Bertz CT molecular complexity index is 545. The maximum absolute atomic E-state index is 9.25. The Labute approximate surface area is 124 Å². The van der Waals surface area contributed by atoms with Crippen molar-refractivity contribution >= 4 is 17.3 Å². The second-order valence-corrected chi connectivity index (χ2v) is 5.02. The van der Waals surface area contributed by atoms with Crippen molar-refractivity contribution in [2.24, 2.45) is 5.73 Å². The Balaban J connectivity index is 2.22. The van der Waals surface area contributed by atoms with Gasteiger partial charge in [-0.25, -0.2) is 0 Å². The van der Waals surface area contributed by atoms with Gasteiger partial charge < -0.3 is 15.7 Å². The molecule has 0 saturated carbocycles. The third kappa shape index (κ3) is 3.73. The Morgan fingerprint density at radius 2 is 1.85 bits per heavy atom. The second kappa shape index (κ2) is 7.29. The number of nitrogens with two attached hydrogens (primary N) is 1. The van der Waals surface area contributed by atoms with Crippen molar-refractivity contribution in [3.63, 3.8) is 0 Å². The minimum Gasteiger partial charge on any atom is -0.395 e. The van der Waals surface area contributed by atoms with Gasteiger partial charge >= 0.3 is 0 Å². The quantitative estimate of drug-likeness (QED) is 0.860. The van der Waals surface area contributed by atoms with Crippen molar-refractivity contribution in [2.45, 2.75) is 13.1 Å². The normalized spacial score (nSPS) is 10.6. The summed E-state index contributed by atoms with van der Waals surface area (Å²) in [7, 11) is 0. The summed E-state index contributed by atoms with van der Waals surface area (Å²) in [4.78, 5) is 2.10. The van der Waals surface area contributed by atoms with Crippen molar-refractivity contribution < 1.29 is 5.11 Å². The fraction of sp³-hybridized carbons (Fsp3) is 0.250.